The summed E-state index contributed by atoms with van der Waals surface area (Å²) >= 11 is 0. The molecule has 0 radical (unpaired) electrons. The fourth-order valence-electron chi connectivity index (χ4n) is 1.86. The van der Waals surface area contributed by atoms with E-state index in [-0.39, 0.29) is 17.8 Å². The van der Waals surface area contributed by atoms with Crippen LogP contribution in [0.1, 0.15) is 49.5 Å². The van der Waals surface area contributed by atoms with Gasteiger partial charge < -0.3 is 21.1 Å². The number of rotatable bonds is 6. The van der Waals surface area contributed by atoms with Crippen LogP contribution in [0.4, 0.5) is 19.3 Å². The largest absolute Gasteiger partial charge is 0.444 e. The van der Waals surface area contributed by atoms with Gasteiger partial charge in [0.1, 0.15) is 5.60 Å². The van der Waals surface area contributed by atoms with Crippen molar-refractivity contribution in [3.63, 3.8) is 0 Å². The fraction of sp³-hybridized carbons (Fsp3) is 0.500. The Balaban J connectivity index is 2.41. The van der Waals surface area contributed by atoms with Gasteiger partial charge in [-0.3, -0.25) is 4.79 Å². The number of nitrogens with two attached hydrogens (primary N) is 1. The van der Waals surface area contributed by atoms with Crippen molar-refractivity contribution in [3.05, 3.63) is 29.3 Å². The number of nitrogen functional groups attached to an aromatic ring is 1. The summed E-state index contributed by atoms with van der Waals surface area (Å²) < 4.78 is 30.9. The van der Waals surface area contributed by atoms with Gasteiger partial charge >= 0.3 is 6.09 Å². The average molecular weight is 343 g/mol. The molecule has 0 fully saturated rings. The molecule has 0 heterocycles. The first-order valence-electron chi connectivity index (χ1n) is 7.53. The SMILES string of the molecule is CC(C)(C)OC(=O)NCCCNC(=O)c1ccc(N)cc1C(F)F. The number of amides is 2. The molecule has 0 atom stereocenters. The standard InChI is InChI=1S/C16H23F2N3O3/c1-16(2,3)24-15(23)21-8-4-7-20-14(22)11-6-5-10(19)9-12(11)13(17)18/h5-6,9,13H,4,7-8,19H2,1-3H3,(H,20,22)(H,21,23). The highest BCUT2D eigenvalue weighted by Crippen LogP contribution is 2.25. The van der Waals surface area contributed by atoms with Crippen LogP contribution in [0.3, 0.4) is 0 Å². The normalized spacial score (nSPS) is 11.2. The van der Waals surface area contributed by atoms with Crippen LogP contribution < -0.4 is 16.4 Å². The number of anilines is 1. The maximum Gasteiger partial charge on any atom is 0.407 e. The van der Waals surface area contributed by atoms with Gasteiger partial charge in [0.2, 0.25) is 0 Å². The number of carbonyl (C=O) groups is 2. The number of hydrogen-bond donors (Lipinski definition) is 3. The topological polar surface area (TPSA) is 93.5 Å². The van der Waals surface area contributed by atoms with Crippen LogP contribution in [-0.2, 0) is 4.74 Å². The van der Waals surface area contributed by atoms with Gasteiger partial charge in [0.05, 0.1) is 0 Å². The highest BCUT2D eigenvalue weighted by atomic mass is 19.3. The number of benzene rings is 1. The lowest BCUT2D eigenvalue weighted by Crippen LogP contribution is -2.34. The number of nitrogens with one attached hydrogen (secondary N) is 2. The number of ether oxygens (including phenoxy) is 1. The lowest BCUT2D eigenvalue weighted by molar-refractivity contribution is 0.0527. The summed E-state index contributed by atoms with van der Waals surface area (Å²) in [6.07, 6.45) is -2.90. The first kappa shape index (κ1) is 19.7. The third kappa shape index (κ3) is 6.80. The summed E-state index contributed by atoms with van der Waals surface area (Å²) in [5.74, 6) is -0.609. The van der Waals surface area contributed by atoms with Crippen molar-refractivity contribution in [1.29, 1.82) is 0 Å². The minimum atomic E-state index is -2.79. The molecular formula is C16H23F2N3O3. The number of halogens is 2. The summed E-state index contributed by atoms with van der Waals surface area (Å²) in [5.41, 5.74) is 4.53. The van der Waals surface area contributed by atoms with Gasteiger partial charge in [-0.15, -0.1) is 0 Å². The van der Waals surface area contributed by atoms with Gasteiger partial charge in [0.15, 0.2) is 0 Å². The lowest BCUT2D eigenvalue weighted by Gasteiger charge is -2.19. The van der Waals surface area contributed by atoms with E-state index in [1.807, 2.05) is 0 Å². The monoisotopic (exact) mass is 343 g/mol. The second kappa shape index (κ2) is 8.47. The lowest BCUT2D eigenvalue weighted by atomic mass is 10.1. The Hall–Kier alpha value is -2.38. The highest BCUT2D eigenvalue weighted by molar-refractivity contribution is 5.96. The maximum atomic E-state index is 12.9. The number of carbonyl (C=O) groups excluding carboxylic acids is 2. The fourth-order valence-corrected chi connectivity index (χ4v) is 1.86. The Kier molecular flexibility index (Phi) is 6.94. The van der Waals surface area contributed by atoms with Crippen molar-refractivity contribution in [3.8, 4) is 0 Å². The van der Waals surface area contributed by atoms with Crippen LogP contribution >= 0.6 is 0 Å². The third-order valence-corrected chi connectivity index (χ3v) is 2.86. The predicted molar refractivity (Wildman–Crippen MR) is 87.0 cm³/mol. The van der Waals surface area contributed by atoms with Gasteiger partial charge in [-0.2, -0.15) is 0 Å². The van der Waals surface area contributed by atoms with Gasteiger partial charge in [0.25, 0.3) is 12.3 Å². The number of hydrogen-bond acceptors (Lipinski definition) is 4. The first-order chi connectivity index (χ1) is 11.1. The molecule has 1 aromatic carbocycles. The third-order valence-electron chi connectivity index (χ3n) is 2.86. The van der Waals surface area contributed by atoms with E-state index >= 15 is 0 Å². The molecular weight excluding hydrogens is 320 g/mol. The van der Waals surface area contributed by atoms with Crippen LogP contribution in [0, 0.1) is 0 Å². The van der Waals surface area contributed by atoms with Crippen LogP contribution in [0.2, 0.25) is 0 Å². The van der Waals surface area contributed by atoms with Gasteiger partial charge in [-0.25, -0.2) is 13.6 Å². The Labute approximate surface area is 139 Å². The van der Waals surface area contributed by atoms with Crippen LogP contribution in [-0.4, -0.2) is 30.7 Å². The van der Waals surface area contributed by atoms with E-state index < -0.39 is 29.6 Å². The molecule has 0 aliphatic rings. The van der Waals surface area contributed by atoms with Crippen LogP contribution in [0.25, 0.3) is 0 Å². The first-order valence-corrected chi connectivity index (χ1v) is 7.53. The zero-order valence-corrected chi connectivity index (χ0v) is 14.0. The Morgan fingerprint density at radius 2 is 1.83 bits per heavy atom. The molecule has 0 aliphatic heterocycles. The quantitative estimate of drug-likeness (QED) is 0.547. The number of alkyl halides is 2. The molecule has 1 aromatic rings. The predicted octanol–water partition coefficient (Wildman–Crippen LogP) is 2.85. The zero-order chi connectivity index (χ0) is 18.3. The average Bonchev–Trinajstić information content (AvgIpc) is 2.44. The van der Waals surface area contributed by atoms with Crippen molar-refractivity contribution in [2.75, 3.05) is 18.8 Å². The molecule has 0 saturated carbocycles. The van der Waals surface area contributed by atoms with Gasteiger partial charge in [-0.05, 0) is 45.4 Å². The van der Waals surface area contributed by atoms with Gasteiger partial charge in [0, 0.05) is 29.9 Å². The van der Waals surface area contributed by atoms with Crippen molar-refractivity contribution in [2.24, 2.45) is 0 Å². The molecule has 6 nitrogen and oxygen atoms in total. The van der Waals surface area contributed by atoms with E-state index in [0.29, 0.717) is 13.0 Å². The molecule has 1 rings (SSSR count). The van der Waals surface area contributed by atoms with E-state index in [0.717, 1.165) is 6.07 Å². The molecule has 0 unspecified atom stereocenters. The molecule has 0 bridgehead atoms. The van der Waals surface area contributed by atoms with Crippen molar-refractivity contribution in [1.82, 2.24) is 10.6 Å². The van der Waals surface area contributed by atoms with E-state index in [1.165, 1.54) is 12.1 Å². The van der Waals surface area contributed by atoms with E-state index in [1.54, 1.807) is 20.8 Å². The Morgan fingerprint density at radius 1 is 1.21 bits per heavy atom. The number of alkyl carbamates (subject to hydrolysis) is 1. The van der Waals surface area contributed by atoms with E-state index in [2.05, 4.69) is 10.6 Å². The second-order valence-electron chi connectivity index (χ2n) is 6.19. The maximum absolute atomic E-state index is 12.9. The summed E-state index contributed by atoms with van der Waals surface area (Å²) in [5, 5.41) is 5.07. The summed E-state index contributed by atoms with van der Waals surface area (Å²) in [6, 6.07) is 3.75. The molecule has 0 spiro atoms. The molecule has 0 aliphatic carbocycles. The molecule has 0 aromatic heterocycles. The summed E-state index contributed by atoms with van der Waals surface area (Å²) in [6.45, 7) is 5.76. The highest BCUT2D eigenvalue weighted by Gasteiger charge is 2.18. The summed E-state index contributed by atoms with van der Waals surface area (Å²) in [4.78, 5) is 23.4. The van der Waals surface area contributed by atoms with Crippen LogP contribution in [0.5, 0.6) is 0 Å². The molecule has 8 heteroatoms. The molecule has 24 heavy (non-hydrogen) atoms. The Bertz CT molecular complexity index is 586. The van der Waals surface area contributed by atoms with Crippen molar-refractivity contribution in [2.45, 2.75) is 39.2 Å². The molecule has 134 valence electrons. The zero-order valence-electron chi connectivity index (χ0n) is 14.0. The second-order valence-corrected chi connectivity index (χ2v) is 6.19. The molecule has 4 N–H and O–H groups in total. The van der Waals surface area contributed by atoms with Gasteiger partial charge in [-0.1, -0.05) is 0 Å². The minimum absolute atomic E-state index is 0.112. The summed E-state index contributed by atoms with van der Waals surface area (Å²) in [7, 11) is 0. The van der Waals surface area contributed by atoms with Crippen molar-refractivity contribution < 1.29 is 23.1 Å². The minimum Gasteiger partial charge on any atom is -0.444 e. The van der Waals surface area contributed by atoms with E-state index in [4.69, 9.17) is 10.5 Å². The molecule has 2 amide bonds. The van der Waals surface area contributed by atoms with E-state index in [9.17, 15) is 18.4 Å². The van der Waals surface area contributed by atoms with Crippen molar-refractivity contribution >= 4 is 17.7 Å². The smallest absolute Gasteiger partial charge is 0.407 e. The van der Waals surface area contributed by atoms with Crippen LogP contribution in [0.15, 0.2) is 18.2 Å². The molecule has 0 saturated heterocycles. The Morgan fingerprint density at radius 3 is 2.42 bits per heavy atom.